The fourth-order valence-corrected chi connectivity index (χ4v) is 4.44. The number of methoxy groups -OCH3 is 1. The second kappa shape index (κ2) is 8.43. The highest BCUT2D eigenvalue weighted by atomic mass is 79.9. The highest BCUT2D eigenvalue weighted by molar-refractivity contribution is 9.10. The van der Waals surface area contributed by atoms with E-state index in [9.17, 15) is 8.42 Å². The van der Waals surface area contributed by atoms with Crippen LogP contribution >= 0.6 is 27.5 Å². The standard InChI is InChI=1S/C18H16BrClN2O4S/c1-25-15-5-2-12(3-6-15)18-22-14(11-26-18)8-9-21-27(23,24)17-7-4-13(19)10-16(17)20/h2-7,10-11,21H,8-9H2,1H3. The summed E-state index contributed by atoms with van der Waals surface area (Å²) in [5.74, 6) is 1.21. The summed E-state index contributed by atoms with van der Waals surface area (Å²) in [6, 6.07) is 11.9. The number of benzene rings is 2. The van der Waals surface area contributed by atoms with Crippen molar-refractivity contribution in [3.05, 3.63) is 63.9 Å². The molecule has 6 nitrogen and oxygen atoms in total. The molecule has 27 heavy (non-hydrogen) atoms. The van der Waals surface area contributed by atoms with Crippen LogP contribution in [0.1, 0.15) is 5.69 Å². The van der Waals surface area contributed by atoms with Crippen molar-refractivity contribution in [1.82, 2.24) is 9.71 Å². The van der Waals surface area contributed by atoms with E-state index in [0.29, 0.717) is 22.5 Å². The van der Waals surface area contributed by atoms with Crippen LogP contribution in [0, 0.1) is 0 Å². The number of hydrogen-bond acceptors (Lipinski definition) is 5. The van der Waals surface area contributed by atoms with Crippen LogP contribution < -0.4 is 9.46 Å². The summed E-state index contributed by atoms with van der Waals surface area (Å²) < 4.78 is 38.6. The minimum absolute atomic E-state index is 0.0337. The first-order chi connectivity index (χ1) is 12.9. The lowest BCUT2D eigenvalue weighted by atomic mass is 10.2. The largest absolute Gasteiger partial charge is 0.497 e. The van der Waals surface area contributed by atoms with Gasteiger partial charge in [-0.3, -0.25) is 0 Å². The number of ether oxygens (including phenoxy) is 1. The maximum Gasteiger partial charge on any atom is 0.242 e. The average molecular weight is 472 g/mol. The van der Waals surface area contributed by atoms with Gasteiger partial charge < -0.3 is 9.15 Å². The van der Waals surface area contributed by atoms with E-state index in [-0.39, 0.29) is 16.5 Å². The van der Waals surface area contributed by atoms with E-state index < -0.39 is 10.0 Å². The Morgan fingerprint density at radius 3 is 2.63 bits per heavy atom. The van der Waals surface area contributed by atoms with Crippen molar-refractivity contribution < 1.29 is 17.6 Å². The molecule has 1 N–H and O–H groups in total. The van der Waals surface area contributed by atoms with E-state index in [2.05, 4.69) is 25.6 Å². The zero-order chi connectivity index (χ0) is 19.4. The van der Waals surface area contributed by atoms with Crippen LogP contribution in [0.15, 0.2) is 62.5 Å². The van der Waals surface area contributed by atoms with Crippen molar-refractivity contribution in [2.45, 2.75) is 11.3 Å². The molecular weight excluding hydrogens is 456 g/mol. The number of aromatic nitrogens is 1. The van der Waals surface area contributed by atoms with Crippen LogP contribution in [-0.4, -0.2) is 27.1 Å². The first-order valence-electron chi connectivity index (χ1n) is 7.92. The van der Waals surface area contributed by atoms with Gasteiger partial charge in [-0.1, -0.05) is 27.5 Å². The molecule has 0 fully saturated rings. The number of hydrogen-bond donors (Lipinski definition) is 1. The second-order valence-corrected chi connectivity index (χ2v) is 8.65. The van der Waals surface area contributed by atoms with Crippen molar-refractivity contribution in [2.24, 2.45) is 0 Å². The van der Waals surface area contributed by atoms with Gasteiger partial charge in [-0.2, -0.15) is 0 Å². The number of halogens is 2. The van der Waals surface area contributed by atoms with Gasteiger partial charge in [0.2, 0.25) is 15.9 Å². The molecule has 1 aromatic heterocycles. The Balaban J connectivity index is 1.63. The summed E-state index contributed by atoms with van der Waals surface area (Å²) in [6.07, 6.45) is 1.90. The van der Waals surface area contributed by atoms with Gasteiger partial charge in [-0.05, 0) is 42.5 Å². The van der Waals surface area contributed by atoms with Crippen molar-refractivity contribution in [2.75, 3.05) is 13.7 Å². The van der Waals surface area contributed by atoms with Gasteiger partial charge in [0, 0.05) is 23.0 Å². The molecule has 0 amide bonds. The smallest absolute Gasteiger partial charge is 0.242 e. The summed E-state index contributed by atoms with van der Waals surface area (Å²) in [7, 11) is -2.11. The molecule has 0 radical (unpaired) electrons. The quantitative estimate of drug-likeness (QED) is 0.556. The van der Waals surface area contributed by atoms with Crippen LogP contribution in [-0.2, 0) is 16.4 Å². The normalized spacial score (nSPS) is 11.5. The number of rotatable bonds is 7. The molecule has 3 rings (SSSR count). The summed E-state index contributed by atoms with van der Waals surface area (Å²) in [6.45, 7) is 0.170. The number of sulfonamides is 1. The summed E-state index contributed by atoms with van der Waals surface area (Å²) in [5, 5.41) is 0.153. The molecule has 0 aliphatic heterocycles. The molecule has 0 saturated heterocycles. The van der Waals surface area contributed by atoms with Gasteiger partial charge in [0.25, 0.3) is 0 Å². The lowest BCUT2D eigenvalue weighted by Crippen LogP contribution is -2.26. The summed E-state index contributed by atoms with van der Waals surface area (Å²) in [5.41, 5.74) is 1.45. The zero-order valence-corrected chi connectivity index (χ0v) is 17.4. The first kappa shape index (κ1) is 19.9. The van der Waals surface area contributed by atoms with Gasteiger partial charge in [0.05, 0.1) is 17.8 Å². The fraction of sp³-hybridized carbons (Fsp3) is 0.167. The maximum absolute atomic E-state index is 12.4. The molecule has 9 heteroatoms. The Bertz CT molecular complexity index is 1040. The van der Waals surface area contributed by atoms with Crippen molar-refractivity contribution in [3.8, 4) is 17.2 Å². The monoisotopic (exact) mass is 470 g/mol. The van der Waals surface area contributed by atoms with Gasteiger partial charge >= 0.3 is 0 Å². The van der Waals surface area contributed by atoms with Gasteiger partial charge in [0.15, 0.2) is 0 Å². The van der Waals surface area contributed by atoms with E-state index in [1.54, 1.807) is 13.2 Å². The predicted molar refractivity (Wildman–Crippen MR) is 107 cm³/mol. The summed E-state index contributed by atoms with van der Waals surface area (Å²) >= 11 is 9.27. The third-order valence-corrected chi connectivity index (χ3v) is 6.18. The number of nitrogens with zero attached hydrogens (tertiary/aromatic N) is 1. The molecule has 0 saturated carbocycles. The van der Waals surface area contributed by atoms with Crippen molar-refractivity contribution in [3.63, 3.8) is 0 Å². The van der Waals surface area contributed by atoms with E-state index in [1.807, 2.05) is 24.3 Å². The Hall–Kier alpha value is -1.87. The van der Waals surface area contributed by atoms with Crippen LogP contribution in [0.5, 0.6) is 5.75 Å². The average Bonchev–Trinajstić information content (AvgIpc) is 3.10. The SMILES string of the molecule is COc1ccc(-c2nc(CCNS(=O)(=O)c3ccc(Br)cc3Cl)co2)cc1. The van der Waals surface area contributed by atoms with Crippen molar-refractivity contribution >= 4 is 37.6 Å². The third-order valence-electron chi connectivity index (χ3n) is 3.75. The number of oxazole rings is 1. The molecule has 0 unspecified atom stereocenters. The van der Waals surface area contributed by atoms with Crippen LogP contribution in [0.3, 0.4) is 0 Å². The van der Waals surface area contributed by atoms with Crippen molar-refractivity contribution in [1.29, 1.82) is 0 Å². The third kappa shape index (κ3) is 4.90. The van der Waals surface area contributed by atoms with Gasteiger partial charge in [0.1, 0.15) is 16.9 Å². The highest BCUT2D eigenvalue weighted by Gasteiger charge is 2.18. The van der Waals surface area contributed by atoms with E-state index >= 15 is 0 Å². The maximum atomic E-state index is 12.4. The topological polar surface area (TPSA) is 81.4 Å². The molecule has 0 atom stereocenters. The lowest BCUT2D eigenvalue weighted by Gasteiger charge is -2.07. The van der Waals surface area contributed by atoms with Gasteiger partial charge in [-0.15, -0.1) is 0 Å². The molecule has 2 aromatic carbocycles. The Morgan fingerprint density at radius 1 is 1.22 bits per heavy atom. The first-order valence-corrected chi connectivity index (χ1v) is 10.6. The molecular formula is C18H16BrClN2O4S. The fourth-order valence-electron chi connectivity index (χ4n) is 2.37. The minimum atomic E-state index is -3.71. The number of nitrogens with one attached hydrogen (secondary N) is 1. The Kier molecular flexibility index (Phi) is 6.21. The molecule has 142 valence electrons. The van der Waals surface area contributed by atoms with Gasteiger partial charge in [-0.25, -0.2) is 18.1 Å². The zero-order valence-electron chi connectivity index (χ0n) is 14.3. The Morgan fingerprint density at radius 2 is 1.96 bits per heavy atom. The molecule has 0 spiro atoms. The van der Waals surface area contributed by atoms with E-state index in [4.69, 9.17) is 20.8 Å². The van der Waals surface area contributed by atoms with Crippen LogP contribution in [0.4, 0.5) is 0 Å². The highest BCUT2D eigenvalue weighted by Crippen LogP contribution is 2.25. The molecule has 0 bridgehead atoms. The van der Waals surface area contributed by atoms with Crippen LogP contribution in [0.2, 0.25) is 5.02 Å². The predicted octanol–water partition coefficient (Wildman–Crippen LogP) is 4.29. The molecule has 1 heterocycles. The van der Waals surface area contributed by atoms with E-state index in [1.165, 1.54) is 18.4 Å². The Labute approximate surface area is 170 Å². The molecule has 0 aliphatic rings. The van der Waals surface area contributed by atoms with Crippen LogP contribution in [0.25, 0.3) is 11.5 Å². The molecule has 0 aliphatic carbocycles. The van der Waals surface area contributed by atoms with E-state index in [0.717, 1.165) is 11.3 Å². The second-order valence-electron chi connectivity index (χ2n) is 5.60. The lowest BCUT2D eigenvalue weighted by molar-refractivity contribution is 0.415. The minimum Gasteiger partial charge on any atom is -0.497 e. The molecule has 3 aromatic rings. The summed E-state index contributed by atoms with van der Waals surface area (Å²) in [4.78, 5) is 4.42.